The van der Waals surface area contributed by atoms with Crippen LogP contribution >= 0.6 is 15.9 Å². The molecular formula is C12H13BrN4O3. The second-order valence-corrected chi connectivity index (χ2v) is 6.36. The Bertz CT molecular complexity index is 645. The van der Waals surface area contributed by atoms with Gasteiger partial charge in [-0.25, -0.2) is 4.79 Å². The first kappa shape index (κ1) is 12.2. The summed E-state index contributed by atoms with van der Waals surface area (Å²) in [5.74, 6) is -0.190. The molecule has 20 heavy (non-hydrogen) atoms. The summed E-state index contributed by atoms with van der Waals surface area (Å²) in [6.07, 6.45) is 0.373. The molecule has 8 heteroatoms. The molecule has 3 aliphatic rings. The van der Waals surface area contributed by atoms with Gasteiger partial charge in [0.1, 0.15) is 11.7 Å². The molecule has 0 radical (unpaired) electrons. The van der Waals surface area contributed by atoms with Gasteiger partial charge in [0.05, 0.1) is 16.7 Å². The van der Waals surface area contributed by atoms with Crippen LogP contribution < -0.4 is 10.6 Å². The quantitative estimate of drug-likeness (QED) is 0.622. The molecule has 1 saturated carbocycles. The van der Waals surface area contributed by atoms with Crippen LogP contribution in [0.1, 0.15) is 23.0 Å². The Morgan fingerprint density at radius 1 is 1.40 bits per heavy atom. The van der Waals surface area contributed by atoms with Crippen molar-refractivity contribution >= 4 is 27.9 Å². The number of nitrogens with zero attached hydrogens (tertiary/aromatic N) is 2. The number of aliphatic hydroxyl groups is 1. The van der Waals surface area contributed by atoms with E-state index in [4.69, 9.17) is 0 Å². The lowest BCUT2D eigenvalue weighted by Gasteiger charge is -2.32. The summed E-state index contributed by atoms with van der Waals surface area (Å²) >= 11 is 3.44. The molecule has 0 unspecified atom stereocenters. The molecule has 0 spiro atoms. The number of rotatable bonds is 0. The average Bonchev–Trinajstić information content (AvgIpc) is 2.97. The van der Waals surface area contributed by atoms with Crippen molar-refractivity contribution in [2.24, 2.45) is 0 Å². The molecule has 4 atom stereocenters. The zero-order valence-corrected chi connectivity index (χ0v) is 12.2. The van der Waals surface area contributed by atoms with Gasteiger partial charge >= 0.3 is 6.03 Å². The molecule has 3 amide bonds. The smallest absolute Gasteiger partial charge is 0.319 e. The monoisotopic (exact) mass is 340 g/mol. The van der Waals surface area contributed by atoms with E-state index in [1.165, 1.54) is 4.90 Å². The number of likely N-dealkylation sites (N-methyl/N-ethyl adjacent to an activating group) is 1. The van der Waals surface area contributed by atoms with Gasteiger partial charge in [-0.05, 0) is 28.1 Å². The van der Waals surface area contributed by atoms with E-state index in [0.29, 0.717) is 12.1 Å². The fraction of sp³-hybridized carbons (Fsp3) is 0.500. The van der Waals surface area contributed by atoms with E-state index in [1.54, 1.807) is 13.1 Å². The van der Waals surface area contributed by atoms with Gasteiger partial charge in [0.25, 0.3) is 5.91 Å². The van der Waals surface area contributed by atoms with E-state index in [9.17, 15) is 14.7 Å². The highest BCUT2D eigenvalue weighted by Gasteiger charge is 2.63. The van der Waals surface area contributed by atoms with Crippen molar-refractivity contribution in [3.8, 4) is 0 Å². The molecule has 3 heterocycles. The first-order chi connectivity index (χ1) is 9.43. The molecule has 106 valence electrons. The molecule has 0 aromatic carbocycles. The van der Waals surface area contributed by atoms with Crippen LogP contribution in [0, 0.1) is 0 Å². The lowest BCUT2D eigenvalue weighted by molar-refractivity contribution is -0.0561. The highest BCUT2D eigenvalue weighted by atomic mass is 79.9. The van der Waals surface area contributed by atoms with Gasteiger partial charge in [0.15, 0.2) is 5.72 Å². The molecule has 4 rings (SSSR count). The van der Waals surface area contributed by atoms with Crippen molar-refractivity contribution in [1.82, 2.24) is 20.1 Å². The summed E-state index contributed by atoms with van der Waals surface area (Å²) in [6.45, 7) is 0. The molecule has 1 aromatic heterocycles. The van der Waals surface area contributed by atoms with Crippen LogP contribution in [0.15, 0.2) is 16.7 Å². The second-order valence-electron chi connectivity index (χ2n) is 5.55. The molecule has 0 bridgehead atoms. The molecule has 2 aliphatic heterocycles. The number of fused-ring (bicyclic) bond motifs is 5. The topological polar surface area (TPSA) is 86.6 Å². The number of aromatic nitrogens is 1. The molecule has 1 saturated heterocycles. The molecule has 2 fully saturated rings. The number of hydrogen-bond acceptors (Lipinski definition) is 3. The Hall–Kier alpha value is -1.54. The number of carbonyl (C=O) groups is 2. The maximum atomic E-state index is 12.1. The van der Waals surface area contributed by atoms with Crippen LogP contribution in [-0.2, 0) is 0 Å². The van der Waals surface area contributed by atoms with Gasteiger partial charge in [0.2, 0.25) is 0 Å². The van der Waals surface area contributed by atoms with E-state index in [-0.39, 0.29) is 24.0 Å². The van der Waals surface area contributed by atoms with Crippen LogP contribution in [0.25, 0.3) is 0 Å². The minimum absolute atomic E-state index is 0.0925. The Morgan fingerprint density at radius 2 is 2.15 bits per heavy atom. The van der Waals surface area contributed by atoms with Crippen LogP contribution in [0.5, 0.6) is 0 Å². The lowest BCUT2D eigenvalue weighted by atomic mass is 10.1. The minimum atomic E-state index is -1.27. The normalized spacial score (nSPS) is 38.1. The SMILES string of the molecule is CN1C(=O)N[C@@H]2[C@@H]3NC(=O)c4ccc(Br)n4[C@@H]3C[C@]21O. The largest absolute Gasteiger partial charge is 0.368 e. The van der Waals surface area contributed by atoms with E-state index in [0.717, 1.165) is 4.60 Å². The molecule has 1 aliphatic carbocycles. The highest BCUT2D eigenvalue weighted by Crippen LogP contribution is 2.46. The van der Waals surface area contributed by atoms with Crippen LogP contribution in [0.2, 0.25) is 0 Å². The summed E-state index contributed by atoms with van der Waals surface area (Å²) in [7, 11) is 1.57. The molecule has 7 nitrogen and oxygen atoms in total. The summed E-state index contributed by atoms with van der Waals surface area (Å²) in [4.78, 5) is 25.2. The number of nitrogens with one attached hydrogen (secondary N) is 2. The van der Waals surface area contributed by atoms with Crippen LogP contribution in [0.3, 0.4) is 0 Å². The molecule has 3 N–H and O–H groups in total. The number of halogens is 1. The first-order valence-corrected chi connectivity index (χ1v) is 7.17. The highest BCUT2D eigenvalue weighted by molar-refractivity contribution is 9.10. The number of carbonyl (C=O) groups excluding carboxylic acids is 2. The fourth-order valence-electron chi connectivity index (χ4n) is 3.63. The maximum Gasteiger partial charge on any atom is 0.319 e. The van der Waals surface area contributed by atoms with Crippen molar-refractivity contribution in [3.63, 3.8) is 0 Å². The predicted molar refractivity (Wildman–Crippen MR) is 72.1 cm³/mol. The van der Waals surface area contributed by atoms with E-state index >= 15 is 0 Å². The summed E-state index contributed by atoms with van der Waals surface area (Å²) in [5, 5.41) is 16.5. The minimum Gasteiger partial charge on any atom is -0.368 e. The second kappa shape index (κ2) is 3.56. The van der Waals surface area contributed by atoms with Gasteiger partial charge in [-0.15, -0.1) is 0 Å². The lowest BCUT2D eigenvalue weighted by Crippen LogP contribution is -2.56. The zero-order chi connectivity index (χ0) is 14.2. The molecule has 1 aromatic rings. The van der Waals surface area contributed by atoms with Crippen molar-refractivity contribution in [3.05, 3.63) is 22.4 Å². The Kier molecular flexibility index (Phi) is 2.17. The Morgan fingerprint density at radius 3 is 2.90 bits per heavy atom. The van der Waals surface area contributed by atoms with Gasteiger partial charge in [-0.3, -0.25) is 9.69 Å². The average molecular weight is 341 g/mol. The number of hydrogen-bond donors (Lipinski definition) is 3. The first-order valence-electron chi connectivity index (χ1n) is 6.38. The van der Waals surface area contributed by atoms with E-state index < -0.39 is 11.8 Å². The van der Waals surface area contributed by atoms with E-state index in [1.807, 2.05) is 10.6 Å². The number of amides is 3. The van der Waals surface area contributed by atoms with Crippen molar-refractivity contribution < 1.29 is 14.7 Å². The van der Waals surface area contributed by atoms with Gasteiger partial charge in [-0.2, -0.15) is 0 Å². The number of urea groups is 1. The summed E-state index contributed by atoms with van der Waals surface area (Å²) < 4.78 is 2.69. The zero-order valence-electron chi connectivity index (χ0n) is 10.6. The third-order valence-corrected chi connectivity index (χ3v) is 5.32. The Labute approximate surface area is 123 Å². The summed E-state index contributed by atoms with van der Waals surface area (Å²) in [6, 6.07) is 2.33. The third kappa shape index (κ3) is 1.23. The van der Waals surface area contributed by atoms with Crippen LogP contribution in [-0.4, -0.2) is 51.4 Å². The Balaban J connectivity index is 1.83. The van der Waals surface area contributed by atoms with Gasteiger partial charge in [0, 0.05) is 13.5 Å². The van der Waals surface area contributed by atoms with E-state index in [2.05, 4.69) is 26.6 Å². The summed E-state index contributed by atoms with van der Waals surface area (Å²) in [5.41, 5.74) is -0.707. The maximum absolute atomic E-state index is 12.1. The standard InChI is InChI=1S/C12H13BrN4O3/c1-16-11(19)15-9-8-6(4-12(9,16)20)17-5(10(18)14-8)2-3-7(17)13/h2-3,6,8-9,20H,4H2,1H3,(H,14,18)(H,15,19)/t6-,8-,9-,12+/m1/s1. The van der Waals surface area contributed by atoms with Gasteiger partial charge < -0.3 is 20.3 Å². The predicted octanol–water partition coefficient (Wildman–Crippen LogP) is 0.0196. The van der Waals surface area contributed by atoms with Gasteiger partial charge in [-0.1, -0.05) is 0 Å². The fourth-order valence-corrected chi connectivity index (χ4v) is 4.22. The van der Waals surface area contributed by atoms with Crippen molar-refractivity contribution in [2.45, 2.75) is 30.3 Å². The van der Waals surface area contributed by atoms with Crippen LogP contribution in [0.4, 0.5) is 4.79 Å². The molecular weight excluding hydrogens is 328 g/mol. The van der Waals surface area contributed by atoms with Crippen molar-refractivity contribution in [2.75, 3.05) is 7.05 Å². The third-order valence-electron chi connectivity index (χ3n) is 4.68. The van der Waals surface area contributed by atoms with Crippen molar-refractivity contribution in [1.29, 1.82) is 0 Å².